The van der Waals surface area contributed by atoms with E-state index in [1.54, 1.807) is 11.3 Å². The van der Waals surface area contributed by atoms with Crippen LogP contribution in [0.1, 0.15) is 6.42 Å². The summed E-state index contributed by atoms with van der Waals surface area (Å²) in [5, 5.41) is 19.5. The number of thiophene rings is 1. The summed E-state index contributed by atoms with van der Waals surface area (Å²) >= 11 is 1.71. The van der Waals surface area contributed by atoms with Crippen molar-refractivity contribution in [3.63, 3.8) is 0 Å². The van der Waals surface area contributed by atoms with Crippen molar-refractivity contribution in [2.45, 2.75) is 6.42 Å². The van der Waals surface area contributed by atoms with Gasteiger partial charge >= 0.3 is 49.7 Å². The number of carbonyl (C=O) groups is 2. The first-order chi connectivity index (χ1) is 5.63. The van der Waals surface area contributed by atoms with E-state index in [-0.39, 0.29) is 37.7 Å². The van der Waals surface area contributed by atoms with Crippen LogP contribution in [0.4, 0.5) is 0 Å². The smallest absolute Gasteiger partial charge is 0.00934 e. The third-order valence-corrected chi connectivity index (χ3v) is 1.36. The topological polar surface area (TPSA) is 74.6 Å². The van der Waals surface area contributed by atoms with Crippen LogP contribution in [-0.4, -0.2) is 59.9 Å². The van der Waals surface area contributed by atoms with E-state index in [4.69, 9.17) is 10.2 Å². The number of carboxylic acids is 2. The third kappa shape index (κ3) is 17.8. The Morgan fingerprint density at radius 3 is 1.43 bits per heavy atom. The number of rotatable bonds is 2. The fraction of sp³-hybridized carbons (Fsp3) is 0.143. The Balaban J connectivity index is -0.000000155. The summed E-state index contributed by atoms with van der Waals surface area (Å²) < 4.78 is 0. The zero-order valence-electron chi connectivity index (χ0n) is 6.14. The molecule has 0 aliphatic rings. The van der Waals surface area contributed by atoms with Crippen LogP contribution in [0.3, 0.4) is 0 Å². The molecule has 0 unspecified atom stereocenters. The molecular weight excluding hydrogens is 194 g/mol. The molecule has 0 spiro atoms. The molecule has 0 saturated carbocycles. The molecule has 7 heteroatoms. The normalized spacial score (nSPS) is 6.86. The van der Waals surface area contributed by atoms with Gasteiger partial charge in [0.25, 0.3) is 0 Å². The summed E-state index contributed by atoms with van der Waals surface area (Å²) in [6.07, 6.45) is -0.806. The minimum absolute atomic E-state index is 0. The largest absolute Gasteiger partial charge is 0.152 e. The standard InChI is InChI=1S/C4H4S.C3H4O4.2Li.2H/c1-2-4-5-3-1;4-2(5)1-3(6)7;;;;/h1-4H;1H2,(H,4,5)(H,6,7);;;;. The molecule has 2 N–H and O–H groups in total. The van der Waals surface area contributed by atoms with Gasteiger partial charge in [0.1, 0.15) is 6.42 Å². The van der Waals surface area contributed by atoms with Crippen LogP contribution in [0, 0.1) is 0 Å². The second-order valence-corrected chi connectivity index (χ2v) is 2.57. The molecule has 14 heavy (non-hydrogen) atoms. The summed E-state index contributed by atoms with van der Waals surface area (Å²) in [7, 11) is 0. The Bertz CT molecular complexity index is 209. The zero-order chi connectivity index (χ0) is 9.40. The van der Waals surface area contributed by atoms with Crippen molar-refractivity contribution in [1.82, 2.24) is 0 Å². The van der Waals surface area contributed by atoms with E-state index < -0.39 is 18.4 Å². The van der Waals surface area contributed by atoms with Crippen LogP contribution in [-0.2, 0) is 9.59 Å². The summed E-state index contributed by atoms with van der Waals surface area (Å²) in [6, 6.07) is 4.04. The van der Waals surface area contributed by atoms with Gasteiger partial charge in [-0.15, -0.1) is 0 Å². The molecule has 0 atom stereocenters. The first-order valence-corrected chi connectivity index (χ1v) is 3.98. The van der Waals surface area contributed by atoms with Crippen LogP contribution in [0.25, 0.3) is 0 Å². The monoisotopic (exact) mass is 204 g/mol. The molecule has 4 nitrogen and oxygen atoms in total. The molecule has 0 aliphatic heterocycles. The van der Waals surface area contributed by atoms with Gasteiger partial charge in [0.15, 0.2) is 0 Å². The first-order valence-electron chi connectivity index (χ1n) is 3.03. The average molecular weight is 204 g/mol. The van der Waals surface area contributed by atoms with Gasteiger partial charge in [-0.2, -0.15) is 11.3 Å². The molecule has 70 valence electrons. The van der Waals surface area contributed by atoms with E-state index in [2.05, 4.69) is 0 Å². The molecule has 0 aromatic carbocycles. The van der Waals surface area contributed by atoms with E-state index in [0.29, 0.717) is 0 Å². The van der Waals surface area contributed by atoms with Crippen LogP contribution in [0.2, 0.25) is 0 Å². The zero-order valence-corrected chi connectivity index (χ0v) is 6.95. The maximum absolute atomic E-state index is 9.43. The van der Waals surface area contributed by atoms with Crippen molar-refractivity contribution in [3.05, 3.63) is 22.9 Å². The molecule has 0 bridgehead atoms. The molecule has 1 heterocycles. The summed E-state index contributed by atoms with van der Waals surface area (Å²) in [4.78, 5) is 18.9. The van der Waals surface area contributed by atoms with E-state index in [1.165, 1.54) is 0 Å². The summed E-state index contributed by atoms with van der Waals surface area (Å²) in [5.74, 6) is -2.62. The van der Waals surface area contributed by atoms with Crippen molar-refractivity contribution in [3.8, 4) is 0 Å². The average Bonchev–Trinajstić information content (AvgIpc) is 2.36. The van der Waals surface area contributed by atoms with E-state index in [0.717, 1.165) is 0 Å². The fourth-order valence-corrected chi connectivity index (χ4v) is 0.810. The van der Waals surface area contributed by atoms with E-state index in [1.807, 2.05) is 22.9 Å². The molecular formula is C7H10Li2O4S. The van der Waals surface area contributed by atoms with Gasteiger partial charge in [-0.1, -0.05) is 12.1 Å². The molecule has 1 aromatic heterocycles. The predicted molar refractivity (Wildman–Crippen MR) is 58.5 cm³/mol. The predicted octanol–water partition coefficient (Wildman–Crippen LogP) is -0.00320. The number of carboxylic acid groups (broad SMARTS) is 2. The maximum Gasteiger partial charge on any atom is -0.00934 e. The van der Waals surface area contributed by atoms with E-state index in [9.17, 15) is 9.59 Å². The molecule has 0 saturated heterocycles. The van der Waals surface area contributed by atoms with Crippen molar-refractivity contribution in [1.29, 1.82) is 0 Å². The molecule has 1 aromatic rings. The van der Waals surface area contributed by atoms with Crippen molar-refractivity contribution in [2.24, 2.45) is 0 Å². The van der Waals surface area contributed by atoms with Crippen LogP contribution in [0.15, 0.2) is 22.9 Å². The van der Waals surface area contributed by atoms with Gasteiger partial charge in [0, 0.05) is 0 Å². The minimum atomic E-state index is -1.31. The summed E-state index contributed by atoms with van der Waals surface area (Å²) in [5.41, 5.74) is 0. The fourth-order valence-electron chi connectivity index (χ4n) is 0.356. The third-order valence-electron chi connectivity index (χ3n) is 0.728. The first kappa shape index (κ1) is 19.4. The van der Waals surface area contributed by atoms with Gasteiger partial charge in [-0.05, 0) is 10.8 Å². The Labute approximate surface area is 110 Å². The second kappa shape index (κ2) is 12.8. The summed E-state index contributed by atoms with van der Waals surface area (Å²) in [6.45, 7) is 0. The van der Waals surface area contributed by atoms with Crippen LogP contribution >= 0.6 is 11.3 Å². The van der Waals surface area contributed by atoms with Crippen LogP contribution in [0.5, 0.6) is 0 Å². The Morgan fingerprint density at radius 1 is 1.00 bits per heavy atom. The second-order valence-electron chi connectivity index (χ2n) is 1.76. The van der Waals surface area contributed by atoms with Gasteiger partial charge in [0.05, 0.1) is 0 Å². The molecule has 0 amide bonds. The number of hydrogen-bond donors (Lipinski definition) is 2. The maximum atomic E-state index is 9.43. The quantitative estimate of drug-likeness (QED) is 0.525. The minimum Gasteiger partial charge on any atom is -0.152 e. The van der Waals surface area contributed by atoms with Gasteiger partial charge in [-0.3, -0.25) is 9.59 Å². The molecule has 0 radical (unpaired) electrons. The van der Waals surface area contributed by atoms with Crippen molar-refractivity contribution < 1.29 is 19.8 Å². The Hall–Kier alpha value is -0.165. The Kier molecular flexibility index (Phi) is 17.8. The number of aliphatic carboxylic acids is 2. The van der Waals surface area contributed by atoms with Gasteiger partial charge in [0.2, 0.25) is 0 Å². The van der Waals surface area contributed by atoms with Gasteiger partial charge < -0.3 is 10.2 Å². The molecule has 0 aliphatic carbocycles. The molecule has 1 rings (SSSR count). The molecule has 0 fully saturated rings. The SMILES string of the molecule is O=C(O)CC(=O)O.[LiH].[LiH].c1ccsc1. The van der Waals surface area contributed by atoms with Crippen molar-refractivity contribution >= 4 is 61.0 Å². The Morgan fingerprint density at radius 2 is 1.36 bits per heavy atom. The van der Waals surface area contributed by atoms with E-state index >= 15 is 0 Å². The van der Waals surface area contributed by atoms with Crippen molar-refractivity contribution in [2.75, 3.05) is 0 Å². The number of hydrogen-bond acceptors (Lipinski definition) is 3. The van der Waals surface area contributed by atoms with Gasteiger partial charge in [-0.25, -0.2) is 0 Å². The van der Waals surface area contributed by atoms with Crippen LogP contribution < -0.4 is 0 Å².